The first-order valence-corrected chi connectivity index (χ1v) is 12.6. The molecule has 3 heterocycles. The quantitative estimate of drug-likeness (QED) is 0.284. The van der Waals surface area contributed by atoms with E-state index >= 15 is 0 Å². The second kappa shape index (κ2) is 14.0. The van der Waals surface area contributed by atoms with E-state index in [1.807, 2.05) is 12.3 Å². The molecule has 0 spiro atoms. The summed E-state index contributed by atoms with van der Waals surface area (Å²) in [5.74, 6) is 1.35. The van der Waals surface area contributed by atoms with Crippen LogP contribution in [0.1, 0.15) is 55.5 Å². The van der Waals surface area contributed by atoms with Crippen LogP contribution in [0.25, 0.3) is 0 Å². The number of benzene rings is 1. The molecule has 1 aromatic carbocycles. The van der Waals surface area contributed by atoms with Crippen LogP contribution in [0.2, 0.25) is 0 Å². The first kappa shape index (κ1) is 26.9. The first-order valence-electron chi connectivity index (χ1n) is 12.6. The number of nitrogens with zero attached hydrogens (tertiary/aromatic N) is 3. The number of pyridine rings is 1. The maximum atomic E-state index is 6.20. The molecule has 186 valence electrons. The van der Waals surface area contributed by atoms with Crippen molar-refractivity contribution in [2.24, 2.45) is 10.9 Å². The van der Waals surface area contributed by atoms with Crippen molar-refractivity contribution in [2.45, 2.75) is 58.2 Å². The number of nitrogens with one attached hydrogen (secondary N) is 2. The van der Waals surface area contributed by atoms with Crippen LogP contribution in [0.4, 0.5) is 0 Å². The van der Waals surface area contributed by atoms with E-state index in [2.05, 4.69) is 70.8 Å². The van der Waals surface area contributed by atoms with Gasteiger partial charge in [0.2, 0.25) is 0 Å². The molecule has 2 unspecified atom stereocenters. The van der Waals surface area contributed by atoms with Crippen molar-refractivity contribution in [1.29, 1.82) is 0 Å². The molecule has 4 rings (SSSR count). The number of aryl methyl sites for hydroxylation is 1. The lowest BCUT2D eigenvalue weighted by molar-refractivity contribution is -0.0250. The molecule has 0 bridgehead atoms. The maximum absolute atomic E-state index is 6.20. The van der Waals surface area contributed by atoms with Crippen LogP contribution in [0.15, 0.2) is 53.7 Å². The summed E-state index contributed by atoms with van der Waals surface area (Å²) < 4.78 is 6.20. The molecule has 7 heteroatoms. The molecule has 6 nitrogen and oxygen atoms in total. The van der Waals surface area contributed by atoms with Gasteiger partial charge in [-0.2, -0.15) is 0 Å². The lowest BCUT2D eigenvalue weighted by atomic mass is 9.89. The average molecular weight is 578 g/mol. The number of rotatable bonds is 7. The van der Waals surface area contributed by atoms with Crippen LogP contribution in [-0.4, -0.2) is 54.7 Å². The molecule has 1 aromatic heterocycles. The molecule has 2 aliphatic rings. The van der Waals surface area contributed by atoms with Gasteiger partial charge in [-0.25, -0.2) is 0 Å². The van der Waals surface area contributed by atoms with E-state index in [0.29, 0.717) is 12.0 Å². The van der Waals surface area contributed by atoms with E-state index in [-0.39, 0.29) is 30.1 Å². The van der Waals surface area contributed by atoms with Gasteiger partial charge in [-0.3, -0.25) is 14.9 Å². The van der Waals surface area contributed by atoms with Crippen LogP contribution in [0.5, 0.6) is 0 Å². The molecule has 0 radical (unpaired) electrons. The summed E-state index contributed by atoms with van der Waals surface area (Å²) in [6, 6.07) is 15.4. The lowest BCUT2D eigenvalue weighted by Gasteiger charge is -2.33. The van der Waals surface area contributed by atoms with Crippen molar-refractivity contribution in [2.75, 3.05) is 32.8 Å². The highest BCUT2D eigenvalue weighted by Crippen LogP contribution is 2.34. The highest BCUT2D eigenvalue weighted by atomic mass is 127. The summed E-state index contributed by atoms with van der Waals surface area (Å²) in [5.41, 5.74) is 3.71. The third-order valence-corrected chi connectivity index (χ3v) is 6.72. The van der Waals surface area contributed by atoms with Crippen LogP contribution < -0.4 is 10.6 Å². The van der Waals surface area contributed by atoms with Gasteiger partial charge >= 0.3 is 0 Å². The largest absolute Gasteiger partial charge is 0.373 e. The number of hydrogen-bond acceptors (Lipinski definition) is 4. The number of guanidine groups is 1. The number of halogens is 1. The Kier molecular flexibility index (Phi) is 11.1. The second-order valence-corrected chi connectivity index (χ2v) is 9.34. The smallest absolute Gasteiger partial charge is 0.191 e. The Bertz CT molecular complexity index is 868. The molecule has 0 aliphatic carbocycles. The topological polar surface area (TPSA) is 61.8 Å². The number of hydrogen-bond donors (Lipinski definition) is 2. The zero-order valence-corrected chi connectivity index (χ0v) is 22.9. The number of likely N-dealkylation sites (tertiary alicyclic amines) is 1. The summed E-state index contributed by atoms with van der Waals surface area (Å²) in [5, 5.41) is 7.16. The monoisotopic (exact) mass is 577 g/mol. The molecule has 2 saturated heterocycles. The van der Waals surface area contributed by atoms with Crippen LogP contribution in [0, 0.1) is 12.8 Å². The van der Waals surface area contributed by atoms with Crippen molar-refractivity contribution < 1.29 is 4.74 Å². The summed E-state index contributed by atoms with van der Waals surface area (Å²) >= 11 is 0. The second-order valence-electron chi connectivity index (χ2n) is 9.34. The van der Waals surface area contributed by atoms with Crippen LogP contribution in [-0.2, 0) is 11.3 Å². The number of aliphatic imine (C=N–C) groups is 1. The van der Waals surface area contributed by atoms with Crippen LogP contribution >= 0.6 is 24.0 Å². The fourth-order valence-corrected chi connectivity index (χ4v) is 4.83. The minimum Gasteiger partial charge on any atom is -0.373 e. The fraction of sp³-hybridized carbons (Fsp3) is 0.556. The minimum absolute atomic E-state index is 0. The molecule has 34 heavy (non-hydrogen) atoms. The zero-order chi connectivity index (χ0) is 22.9. The van der Waals surface area contributed by atoms with Gasteiger partial charge in [-0.05, 0) is 57.2 Å². The van der Waals surface area contributed by atoms with Crippen molar-refractivity contribution in [3.05, 3.63) is 65.5 Å². The number of piperidine rings is 1. The predicted molar refractivity (Wildman–Crippen MR) is 150 cm³/mol. The number of ether oxygens (including phenoxy) is 1. The van der Waals surface area contributed by atoms with E-state index in [0.717, 1.165) is 76.7 Å². The molecule has 2 atom stereocenters. The summed E-state index contributed by atoms with van der Waals surface area (Å²) in [4.78, 5) is 12.0. The Morgan fingerprint density at radius 1 is 1.12 bits per heavy atom. The summed E-state index contributed by atoms with van der Waals surface area (Å²) in [6.45, 7) is 9.85. The van der Waals surface area contributed by atoms with Crippen LogP contribution in [0.3, 0.4) is 0 Å². The Balaban J connectivity index is 0.00000324. The van der Waals surface area contributed by atoms with Crippen molar-refractivity contribution in [3.63, 3.8) is 0 Å². The van der Waals surface area contributed by atoms with Gasteiger partial charge in [0.05, 0.1) is 11.8 Å². The van der Waals surface area contributed by atoms with Gasteiger partial charge in [-0.1, -0.05) is 35.9 Å². The van der Waals surface area contributed by atoms with Gasteiger partial charge in [0, 0.05) is 57.5 Å². The Labute approximate surface area is 222 Å². The molecule has 0 amide bonds. The number of aromatic nitrogens is 1. The van der Waals surface area contributed by atoms with E-state index in [4.69, 9.17) is 9.73 Å². The fourth-order valence-electron chi connectivity index (χ4n) is 4.83. The molecule has 2 fully saturated rings. The Hall–Kier alpha value is -1.71. The summed E-state index contributed by atoms with van der Waals surface area (Å²) in [7, 11) is 0. The van der Waals surface area contributed by atoms with Gasteiger partial charge in [-0.15, -0.1) is 24.0 Å². The highest BCUT2D eigenvalue weighted by Gasteiger charge is 2.27. The van der Waals surface area contributed by atoms with E-state index in [1.165, 1.54) is 11.1 Å². The lowest BCUT2D eigenvalue weighted by Crippen LogP contribution is -2.48. The third-order valence-electron chi connectivity index (χ3n) is 6.72. The minimum atomic E-state index is 0. The summed E-state index contributed by atoms with van der Waals surface area (Å²) in [6.07, 6.45) is 6.53. The van der Waals surface area contributed by atoms with Gasteiger partial charge < -0.3 is 15.4 Å². The molecule has 2 aliphatic heterocycles. The van der Waals surface area contributed by atoms with E-state index < -0.39 is 0 Å². The van der Waals surface area contributed by atoms with Gasteiger partial charge in [0.1, 0.15) is 0 Å². The molecule has 0 saturated carbocycles. The SMILES string of the molecule is CCNC(=NCC1CCCOC1c1ccc(C)cc1)NC1CCN(Cc2ccccn2)CC1.I. The normalized spacial score (nSPS) is 22.1. The van der Waals surface area contributed by atoms with Gasteiger partial charge in [0.25, 0.3) is 0 Å². The van der Waals surface area contributed by atoms with E-state index in [1.54, 1.807) is 0 Å². The van der Waals surface area contributed by atoms with Crippen molar-refractivity contribution >= 4 is 29.9 Å². The molecular formula is C27H40IN5O. The predicted octanol–water partition coefficient (Wildman–Crippen LogP) is 4.70. The highest BCUT2D eigenvalue weighted by molar-refractivity contribution is 14.0. The zero-order valence-electron chi connectivity index (χ0n) is 20.6. The standard InChI is InChI=1S/C27H39N5O.HI/c1-3-28-27(31-24-13-16-32(17-14-24)20-25-8-4-5-15-29-25)30-19-23-7-6-18-33-26(23)22-11-9-21(2)10-12-22;/h4-5,8-12,15,23-24,26H,3,6-7,13-14,16-20H2,1-2H3,(H2,28,30,31);1H. The van der Waals surface area contributed by atoms with Gasteiger partial charge in [0.15, 0.2) is 5.96 Å². The molecular weight excluding hydrogens is 537 g/mol. The van der Waals surface area contributed by atoms with Crippen molar-refractivity contribution in [1.82, 2.24) is 20.5 Å². The molecule has 2 aromatic rings. The first-order chi connectivity index (χ1) is 16.2. The average Bonchev–Trinajstić information content (AvgIpc) is 2.85. The Morgan fingerprint density at radius 3 is 2.62 bits per heavy atom. The Morgan fingerprint density at radius 2 is 1.91 bits per heavy atom. The molecule has 2 N–H and O–H groups in total. The third kappa shape index (κ3) is 7.92. The maximum Gasteiger partial charge on any atom is 0.191 e. The van der Waals surface area contributed by atoms with E-state index in [9.17, 15) is 0 Å². The van der Waals surface area contributed by atoms with Crippen molar-refractivity contribution in [3.8, 4) is 0 Å².